The zero-order valence-electron chi connectivity index (χ0n) is 14.3. The Hall–Kier alpha value is -1.75. The van der Waals surface area contributed by atoms with Gasteiger partial charge in [-0.1, -0.05) is 41.9 Å². The van der Waals surface area contributed by atoms with E-state index in [0.717, 1.165) is 11.1 Å². The second-order valence-corrected chi connectivity index (χ2v) is 6.00. The van der Waals surface area contributed by atoms with Crippen molar-refractivity contribution >= 4 is 11.6 Å². The molecule has 0 aliphatic carbocycles. The fourth-order valence-electron chi connectivity index (χ4n) is 2.77. The third kappa shape index (κ3) is 4.41. The highest BCUT2D eigenvalue weighted by Gasteiger charge is 2.19. The fourth-order valence-corrected chi connectivity index (χ4v) is 3.02. The summed E-state index contributed by atoms with van der Waals surface area (Å²) >= 11 is 6.27. The molecule has 0 heterocycles. The van der Waals surface area contributed by atoms with E-state index in [4.69, 9.17) is 21.1 Å². The average molecular weight is 350 g/mol. The van der Waals surface area contributed by atoms with Crippen LogP contribution in [-0.4, -0.2) is 25.9 Å². The van der Waals surface area contributed by atoms with Crippen LogP contribution in [-0.2, 0) is 0 Å². The standard InChI is InChI=1S/C19H24ClNO3/c1-13(15-11-16(20)19(24-3)12-18(15)23-2)21-17(9-10-22)14-7-5-4-6-8-14/h4-8,11-13,17,21-22H,9-10H2,1-3H3/t13?,17-/m1/s1. The van der Waals surface area contributed by atoms with E-state index < -0.39 is 0 Å². The molecule has 2 aromatic carbocycles. The van der Waals surface area contributed by atoms with Crippen LogP contribution in [0.2, 0.25) is 5.02 Å². The number of aliphatic hydroxyl groups excluding tert-OH is 1. The highest BCUT2D eigenvalue weighted by Crippen LogP contribution is 2.36. The van der Waals surface area contributed by atoms with Gasteiger partial charge >= 0.3 is 0 Å². The van der Waals surface area contributed by atoms with Crippen LogP contribution in [0.5, 0.6) is 11.5 Å². The Bertz CT molecular complexity index is 649. The van der Waals surface area contributed by atoms with E-state index >= 15 is 0 Å². The van der Waals surface area contributed by atoms with Crippen LogP contribution < -0.4 is 14.8 Å². The van der Waals surface area contributed by atoms with Crippen molar-refractivity contribution in [2.75, 3.05) is 20.8 Å². The summed E-state index contributed by atoms with van der Waals surface area (Å²) in [6.07, 6.45) is 0.626. The predicted octanol–water partition coefficient (Wildman–Crippen LogP) is 4.13. The molecule has 4 nitrogen and oxygen atoms in total. The smallest absolute Gasteiger partial charge is 0.141 e. The van der Waals surface area contributed by atoms with E-state index in [9.17, 15) is 5.11 Å². The molecule has 2 atom stereocenters. The molecule has 0 amide bonds. The van der Waals surface area contributed by atoms with Gasteiger partial charge in [0.15, 0.2) is 0 Å². The van der Waals surface area contributed by atoms with Gasteiger partial charge in [-0.25, -0.2) is 0 Å². The monoisotopic (exact) mass is 349 g/mol. The molecule has 2 rings (SSSR count). The van der Waals surface area contributed by atoms with Gasteiger partial charge in [0.2, 0.25) is 0 Å². The maximum Gasteiger partial charge on any atom is 0.141 e. The normalized spacial score (nSPS) is 13.4. The van der Waals surface area contributed by atoms with Crippen molar-refractivity contribution in [2.45, 2.75) is 25.4 Å². The average Bonchev–Trinajstić information content (AvgIpc) is 2.61. The Morgan fingerprint density at radius 2 is 1.75 bits per heavy atom. The molecule has 2 N–H and O–H groups in total. The van der Waals surface area contributed by atoms with Gasteiger partial charge in [0, 0.05) is 30.3 Å². The zero-order valence-corrected chi connectivity index (χ0v) is 15.0. The lowest BCUT2D eigenvalue weighted by Gasteiger charge is -2.25. The largest absolute Gasteiger partial charge is 0.496 e. The number of hydrogen-bond donors (Lipinski definition) is 2. The van der Waals surface area contributed by atoms with Crippen LogP contribution in [0.25, 0.3) is 0 Å². The van der Waals surface area contributed by atoms with Crippen LogP contribution in [0.1, 0.15) is 36.6 Å². The van der Waals surface area contributed by atoms with Gasteiger partial charge < -0.3 is 19.9 Å². The van der Waals surface area contributed by atoms with E-state index in [1.54, 1.807) is 20.3 Å². The first kappa shape index (κ1) is 18.6. The number of hydrogen-bond acceptors (Lipinski definition) is 4. The highest BCUT2D eigenvalue weighted by atomic mass is 35.5. The van der Waals surface area contributed by atoms with Crippen molar-refractivity contribution in [1.82, 2.24) is 5.32 Å². The molecule has 0 saturated carbocycles. The molecule has 0 spiro atoms. The minimum atomic E-state index is -0.0138. The lowest BCUT2D eigenvalue weighted by molar-refractivity contribution is 0.259. The Morgan fingerprint density at radius 1 is 1.08 bits per heavy atom. The first-order chi connectivity index (χ1) is 11.6. The summed E-state index contributed by atoms with van der Waals surface area (Å²) in [5.74, 6) is 1.30. The molecule has 0 aliphatic rings. The van der Waals surface area contributed by atoms with Crippen LogP contribution in [0.3, 0.4) is 0 Å². The maximum absolute atomic E-state index is 9.39. The maximum atomic E-state index is 9.39. The molecule has 1 unspecified atom stereocenters. The summed E-state index contributed by atoms with van der Waals surface area (Å²) in [7, 11) is 3.20. The molecule has 5 heteroatoms. The van der Waals surface area contributed by atoms with Crippen molar-refractivity contribution in [2.24, 2.45) is 0 Å². The summed E-state index contributed by atoms with van der Waals surface area (Å²) in [5, 5.41) is 13.5. The van der Waals surface area contributed by atoms with Crippen molar-refractivity contribution in [3.8, 4) is 11.5 Å². The lowest BCUT2D eigenvalue weighted by atomic mass is 10.0. The third-order valence-corrected chi connectivity index (χ3v) is 4.34. The Balaban J connectivity index is 2.26. The van der Waals surface area contributed by atoms with Gasteiger partial charge in [0.25, 0.3) is 0 Å². The predicted molar refractivity (Wildman–Crippen MR) is 97.0 cm³/mol. The Labute approximate surface area is 148 Å². The number of benzene rings is 2. The van der Waals surface area contributed by atoms with Gasteiger partial charge in [-0.15, -0.1) is 0 Å². The first-order valence-electron chi connectivity index (χ1n) is 7.94. The van der Waals surface area contributed by atoms with Crippen molar-refractivity contribution in [3.63, 3.8) is 0 Å². The van der Waals surface area contributed by atoms with Gasteiger partial charge in [0.05, 0.1) is 19.2 Å². The molecule has 2 aromatic rings. The van der Waals surface area contributed by atoms with Crippen LogP contribution >= 0.6 is 11.6 Å². The molecule has 0 aliphatic heterocycles. The van der Waals surface area contributed by atoms with Crippen molar-refractivity contribution < 1.29 is 14.6 Å². The molecule has 0 aromatic heterocycles. The zero-order chi connectivity index (χ0) is 17.5. The van der Waals surface area contributed by atoms with Crippen LogP contribution in [0, 0.1) is 0 Å². The lowest BCUT2D eigenvalue weighted by Crippen LogP contribution is -2.26. The molecule has 0 radical (unpaired) electrons. The van der Waals surface area contributed by atoms with Crippen LogP contribution in [0.15, 0.2) is 42.5 Å². The van der Waals surface area contributed by atoms with Gasteiger partial charge in [0.1, 0.15) is 11.5 Å². The van der Waals surface area contributed by atoms with Crippen molar-refractivity contribution in [3.05, 3.63) is 58.6 Å². The molecule has 0 saturated heterocycles. The summed E-state index contributed by atoms with van der Waals surface area (Å²) in [4.78, 5) is 0. The first-order valence-corrected chi connectivity index (χ1v) is 8.31. The number of aliphatic hydroxyl groups is 1. The van der Waals surface area contributed by atoms with Gasteiger partial charge in [-0.05, 0) is 25.0 Å². The van der Waals surface area contributed by atoms with E-state index in [2.05, 4.69) is 17.4 Å². The van der Waals surface area contributed by atoms with Gasteiger partial charge in [-0.2, -0.15) is 0 Å². The summed E-state index contributed by atoms with van der Waals surface area (Å²) in [6, 6.07) is 13.8. The number of rotatable bonds is 8. The SMILES string of the molecule is COc1cc(OC)c(C(C)N[C@H](CCO)c2ccccc2)cc1Cl. The molecule has 24 heavy (non-hydrogen) atoms. The van der Waals surface area contributed by atoms with E-state index in [1.165, 1.54) is 0 Å². The van der Waals surface area contributed by atoms with E-state index in [-0.39, 0.29) is 18.7 Å². The topological polar surface area (TPSA) is 50.7 Å². The highest BCUT2D eigenvalue weighted by molar-refractivity contribution is 6.32. The fraction of sp³-hybridized carbons (Fsp3) is 0.368. The molecular formula is C19H24ClNO3. The summed E-state index contributed by atoms with van der Waals surface area (Å²) in [5.41, 5.74) is 2.08. The number of methoxy groups -OCH3 is 2. The molecular weight excluding hydrogens is 326 g/mol. The second-order valence-electron chi connectivity index (χ2n) is 5.59. The minimum absolute atomic E-state index is 0.0138. The second kappa shape index (κ2) is 8.92. The molecule has 130 valence electrons. The molecule has 0 fully saturated rings. The van der Waals surface area contributed by atoms with Crippen molar-refractivity contribution in [1.29, 1.82) is 0 Å². The van der Waals surface area contributed by atoms with E-state index in [0.29, 0.717) is 22.9 Å². The summed E-state index contributed by atoms with van der Waals surface area (Å²) < 4.78 is 10.7. The molecule has 0 bridgehead atoms. The Morgan fingerprint density at radius 3 is 2.33 bits per heavy atom. The number of nitrogens with one attached hydrogen (secondary N) is 1. The quantitative estimate of drug-likeness (QED) is 0.752. The van der Waals surface area contributed by atoms with Gasteiger partial charge in [-0.3, -0.25) is 0 Å². The van der Waals surface area contributed by atoms with Crippen LogP contribution in [0.4, 0.5) is 0 Å². The third-order valence-electron chi connectivity index (χ3n) is 4.04. The Kier molecular flexibility index (Phi) is 6.91. The minimum Gasteiger partial charge on any atom is -0.496 e. The number of ether oxygens (including phenoxy) is 2. The summed E-state index contributed by atoms with van der Waals surface area (Å²) in [6.45, 7) is 2.16. The van der Waals surface area contributed by atoms with E-state index in [1.807, 2.05) is 31.2 Å². The number of halogens is 1.